The van der Waals surface area contributed by atoms with Crippen LogP contribution in [0.15, 0.2) is 71.8 Å². The molecule has 0 aliphatic carbocycles. The number of aromatic nitrogens is 3. The van der Waals surface area contributed by atoms with Gasteiger partial charge in [0.25, 0.3) is 11.5 Å². The topological polar surface area (TPSA) is 152 Å². The van der Waals surface area contributed by atoms with Gasteiger partial charge in [-0.1, -0.05) is 0 Å². The van der Waals surface area contributed by atoms with Gasteiger partial charge in [-0.05, 0) is 190 Å². The van der Waals surface area contributed by atoms with Crippen LogP contribution in [0.5, 0.6) is 0 Å². The number of amides is 1. The number of methoxy groups -OCH3 is 1. The summed E-state index contributed by atoms with van der Waals surface area (Å²) in [6, 6.07) is 19.5. The second-order valence-corrected chi connectivity index (χ2v) is 21.3. The summed E-state index contributed by atoms with van der Waals surface area (Å²) >= 11 is 0. The second-order valence-electron chi connectivity index (χ2n) is 21.3. The van der Waals surface area contributed by atoms with Gasteiger partial charge in [0.2, 0.25) is 0 Å². The van der Waals surface area contributed by atoms with Gasteiger partial charge in [-0.2, -0.15) is 0 Å². The molecule has 16 nitrogen and oxygen atoms in total. The van der Waals surface area contributed by atoms with Crippen LogP contribution < -0.4 is 30.5 Å². The number of likely N-dealkylation sites (N-methyl/N-ethyl adjacent to an activating group) is 2. The minimum Gasteiger partial charge on any atom is -0.465 e. The maximum absolute atomic E-state index is 13.8. The van der Waals surface area contributed by atoms with E-state index >= 15 is 0 Å². The third kappa shape index (κ3) is 14.1. The molecule has 1 amide bonds. The summed E-state index contributed by atoms with van der Waals surface area (Å²) in [5.74, 6) is 1.50. The largest absolute Gasteiger partial charge is 0.465 e. The standard InChI is InChI=1S/C34H46N6O3.C27H38N4O3/c1-6-40(28-10-16-43-17-11-28)31-20-27(26-8-9-32(35-21-26)39-13-7-12-38(5)14-15-39)19-29(25(31)4)33(41)36-22-30-23(2)18-24(3)37-34(30)42;1-5-31(23-9-15-34-16-10-23)25-18-22(17-24(20(25)2)27(32)33-4)21-7-8-26(28-19-21)30-12-6-11-29(3)13-14-30/h8-9,18-21,28H,6-7,10-17,22H2,1-5H3,(H,36,41)(H,37,42);7-8,17-19,23H,5-6,9-16H2,1-4H3. The number of nitrogens with one attached hydrogen (secondary N) is 2. The lowest BCUT2D eigenvalue weighted by Crippen LogP contribution is -2.40. The molecule has 414 valence electrons. The maximum atomic E-state index is 13.8. The summed E-state index contributed by atoms with van der Waals surface area (Å²) < 4.78 is 16.4. The van der Waals surface area contributed by atoms with Crippen LogP contribution >= 0.6 is 0 Å². The molecule has 0 spiro atoms. The molecule has 2 N–H and O–H groups in total. The van der Waals surface area contributed by atoms with Crippen molar-refractivity contribution in [3.05, 3.63) is 116 Å². The Kier molecular flexibility index (Phi) is 19.8. The first-order chi connectivity index (χ1) is 37.3. The smallest absolute Gasteiger partial charge is 0.338 e. The zero-order valence-electron chi connectivity index (χ0n) is 47.4. The number of pyridine rings is 3. The van der Waals surface area contributed by atoms with Crippen LogP contribution in [0.25, 0.3) is 22.3 Å². The Morgan fingerprint density at radius 3 is 1.57 bits per heavy atom. The van der Waals surface area contributed by atoms with Gasteiger partial charge < -0.3 is 53.9 Å². The zero-order valence-corrected chi connectivity index (χ0v) is 47.4. The molecule has 2 aromatic carbocycles. The van der Waals surface area contributed by atoms with Gasteiger partial charge >= 0.3 is 5.97 Å². The molecular weight excluding hydrogens is 969 g/mol. The number of nitrogens with zero attached hydrogens (tertiary/aromatic N) is 8. The predicted octanol–water partition coefficient (Wildman–Crippen LogP) is 8.43. The quantitative estimate of drug-likeness (QED) is 0.102. The van der Waals surface area contributed by atoms with E-state index in [1.807, 2.05) is 58.3 Å². The van der Waals surface area contributed by atoms with Crippen molar-refractivity contribution < 1.29 is 23.8 Å². The minimum absolute atomic E-state index is 0.164. The first-order valence-electron chi connectivity index (χ1n) is 28.1. The van der Waals surface area contributed by atoms with E-state index in [2.05, 4.69) is 104 Å². The van der Waals surface area contributed by atoms with Crippen molar-refractivity contribution in [3.63, 3.8) is 0 Å². The van der Waals surface area contributed by atoms with E-state index in [0.29, 0.717) is 28.8 Å². The number of ether oxygens (including phenoxy) is 3. The van der Waals surface area contributed by atoms with E-state index in [9.17, 15) is 14.4 Å². The molecule has 0 bridgehead atoms. The van der Waals surface area contributed by atoms with Gasteiger partial charge in [-0.25, -0.2) is 14.8 Å². The zero-order chi connectivity index (χ0) is 54.6. The molecule has 0 unspecified atom stereocenters. The summed E-state index contributed by atoms with van der Waals surface area (Å²) in [5.41, 5.74) is 11.3. The number of anilines is 4. The molecule has 5 aromatic rings. The lowest BCUT2D eigenvalue weighted by atomic mass is 9.95. The highest BCUT2D eigenvalue weighted by Crippen LogP contribution is 2.36. The monoisotopic (exact) mass is 1050 g/mol. The lowest BCUT2D eigenvalue weighted by molar-refractivity contribution is 0.0599. The third-order valence-electron chi connectivity index (χ3n) is 16.1. The Bertz CT molecular complexity index is 2830. The Morgan fingerprint density at radius 2 is 1.13 bits per heavy atom. The summed E-state index contributed by atoms with van der Waals surface area (Å²) in [6.45, 7) is 25.3. The number of rotatable bonds is 14. The van der Waals surface area contributed by atoms with Crippen molar-refractivity contribution in [2.24, 2.45) is 0 Å². The average molecular weight is 1050 g/mol. The van der Waals surface area contributed by atoms with Crippen LogP contribution in [0.1, 0.15) is 101 Å². The van der Waals surface area contributed by atoms with E-state index in [1.54, 1.807) is 0 Å². The van der Waals surface area contributed by atoms with Gasteiger partial charge in [0.05, 0.1) is 12.7 Å². The molecule has 16 heteroatoms. The Balaban J connectivity index is 0.000000209. The lowest BCUT2D eigenvalue weighted by Gasteiger charge is -2.37. The van der Waals surface area contributed by atoms with Gasteiger partial charge in [-0.15, -0.1) is 0 Å². The minimum atomic E-state index is -0.304. The number of hydrogen-bond donors (Lipinski definition) is 2. The number of esters is 1. The van der Waals surface area contributed by atoms with Crippen LogP contribution in [0.4, 0.5) is 23.0 Å². The molecule has 4 saturated heterocycles. The normalized spacial score (nSPS) is 17.2. The highest BCUT2D eigenvalue weighted by atomic mass is 16.5. The molecule has 3 aromatic heterocycles. The summed E-state index contributed by atoms with van der Waals surface area (Å²) in [4.78, 5) is 65.9. The first kappa shape index (κ1) is 56.9. The van der Waals surface area contributed by atoms with E-state index in [4.69, 9.17) is 24.2 Å². The molecule has 7 heterocycles. The van der Waals surface area contributed by atoms with Crippen LogP contribution in [0, 0.1) is 27.7 Å². The molecule has 77 heavy (non-hydrogen) atoms. The van der Waals surface area contributed by atoms with Crippen molar-refractivity contribution in [2.45, 2.75) is 98.7 Å². The van der Waals surface area contributed by atoms with Crippen LogP contribution in [-0.4, -0.2) is 162 Å². The summed E-state index contributed by atoms with van der Waals surface area (Å²) in [6.07, 6.45) is 10.0. The van der Waals surface area contributed by atoms with Crippen molar-refractivity contribution >= 4 is 34.9 Å². The average Bonchev–Trinajstić information content (AvgIpc) is 3.81. The van der Waals surface area contributed by atoms with E-state index in [-0.39, 0.29) is 24.0 Å². The van der Waals surface area contributed by atoms with Crippen molar-refractivity contribution in [2.75, 3.05) is 133 Å². The molecule has 0 saturated carbocycles. The first-order valence-corrected chi connectivity index (χ1v) is 28.1. The molecule has 9 rings (SSSR count). The number of carbonyl (C=O) groups is 2. The molecular formula is C61H84N10O6. The van der Waals surface area contributed by atoms with E-state index in [1.165, 1.54) is 7.11 Å². The van der Waals surface area contributed by atoms with E-state index < -0.39 is 0 Å². The number of H-pyrrole nitrogens is 1. The van der Waals surface area contributed by atoms with Gasteiger partial charge in [0.15, 0.2) is 0 Å². The number of carbonyl (C=O) groups excluding carboxylic acids is 2. The number of aromatic amines is 1. The van der Waals surface area contributed by atoms with Gasteiger partial charge in [-0.3, -0.25) is 9.59 Å². The molecule has 4 aliphatic heterocycles. The molecule has 0 atom stereocenters. The molecule has 4 fully saturated rings. The highest BCUT2D eigenvalue weighted by molar-refractivity contribution is 5.99. The third-order valence-corrected chi connectivity index (χ3v) is 16.1. The Hall–Kier alpha value is -6.33. The fourth-order valence-corrected chi connectivity index (χ4v) is 11.5. The van der Waals surface area contributed by atoms with E-state index in [0.717, 1.165) is 198 Å². The predicted molar refractivity (Wildman–Crippen MR) is 310 cm³/mol. The van der Waals surface area contributed by atoms with Crippen molar-refractivity contribution in [1.29, 1.82) is 0 Å². The number of hydrogen-bond acceptors (Lipinski definition) is 14. The second kappa shape index (κ2) is 26.8. The number of aryl methyl sites for hydroxylation is 2. The van der Waals surface area contributed by atoms with Crippen molar-refractivity contribution in [3.8, 4) is 22.3 Å². The van der Waals surface area contributed by atoms with Crippen LogP contribution in [-0.2, 0) is 20.8 Å². The fraction of sp³-hybridized carbons (Fsp3) is 0.525. The van der Waals surface area contributed by atoms with Crippen LogP contribution in [0.2, 0.25) is 0 Å². The highest BCUT2D eigenvalue weighted by Gasteiger charge is 2.28. The SMILES string of the molecule is CCN(c1cc(-c2ccc(N3CCCN(C)CC3)nc2)cc(C(=O)NCc2c(C)cc(C)[nH]c2=O)c1C)C1CCOCC1.CCN(c1cc(-c2ccc(N3CCCN(C)CC3)nc2)cc(C(=O)OC)c1C)C1CCOCC1. The van der Waals surface area contributed by atoms with Gasteiger partial charge in [0, 0.05) is 149 Å². The summed E-state index contributed by atoms with van der Waals surface area (Å²) in [5, 5.41) is 3.04. The maximum Gasteiger partial charge on any atom is 0.338 e. The number of benzene rings is 2. The van der Waals surface area contributed by atoms with Gasteiger partial charge in [0.1, 0.15) is 11.6 Å². The fourth-order valence-electron chi connectivity index (χ4n) is 11.5. The van der Waals surface area contributed by atoms with Crippen molar-refractivity contribution in [1.82, 2.24) is 30.1 Å². The molecule has 0 radical (unpaired) electrons. The summed E-state index contributed by atoms with van der Waals surface area (Å²) in [7, 11) is 5.79. The Morgan fingerprint density at radius 1 is 0.649 bits per heavy atom. The Labute approximate surface area is 457 Å². The molecule has 4 aliphatic rings. The van der Waals surface area contributed by atoms with Crippen LogP contribution in [0.3, 0.4) is 0 Å².